The number of benzene rings is 1. The van der Waals surface area contributed by atoms with Gasteiger partial charge in [0.2, 0.25) is 0 Å². The second-order valence-electron chi connectivity index (χ2n) is 4.47. The van der Waals surface area contributed by atoms with Crippen molar-refractivity contribution in [3.63, 3.8) is 0 Å². The zero-order chi connectivity index (χ0) is 13.1. The Hall–Kier alpha value is -0.770. The molecule has 2 rings (SSSR count). The van der Waals surface area contributed by atoms with Crippen molar-refractivity contribution < 1.29 is 4.74 Å². The summed E-state index contributed by atoms with van der Waals surface area (Å²) >= 11 is 12.0. The molecule has 1 aromatic heterocycles. The minimum absolute atomic E-state index is 0.395. The van der Waals surface area contributed by atoms with E-state index in [0.717, 1.165) is 23.4 Å². The molecule has 0 aliphatic rings. The summed E-state index contributed by atoms with van der Waals surface area (Å²) in [5.41, 5.74) is 1.96. The van der Waals surface area contributed by atoms with Crippen LogP contribution in [0.25, 0.3) is 11.0 Å². The number of imidazole rings is 1. The summed E-state index contributed by atoms with van der Waals surface area (Å²) < 4.78 is 7.29. The summed E-state index contributed by atoms with van der Waals surface area (Å²) in [6.45, 7) is 3.67. The summed E-state index contributed by atoms with van der Waals surface area (Å²) in [5.74, 6) is 1.66. The Morgan fingerprint density at radius 1 is 1.44 bits per heavy atom. The van der Waals surface area contributed by atoms with E-state index in [9.17, 15) is 0 Å². The molecule has 0 amide bonds. The number of hydrogen-bond acceptors (Lipinski definition) is 2. The Bertz CT molecular complexity index is 539. The first-order valence-corrected chi connectivity index (χ1v) is 6.76. The minimum Gasteiger partial charge on any atom is -0.384 e. The van der Waals surface area contributed by atoms with Crippen molar-refractivity contribution in [3.05, 3.63) is 29.0 Å². The van der Waals surface area contributed by atoms with Gasteiger partial charge in [0.15, 0.2) is 0 Å². The molecule has 0 radical (unpaired) electrons. The van der Waals surface area contributed by atoms with Gasteiger partial charge in [-0.15, -0.1) is 11.6 Å². The van der Waals surface area contributed by atoms with E-state index in [2.05, 4.69) is 16.5 Å². The number of hydrogen-bond donors (Lipinski definition) is 0. The van der Waals surface area contributed by atoms with Gasteiger partial charge < -0.3 is 9.30 Å². The van der Waals surface area contributed by atoms with Crippen molar-refractivity contribution in [2.75, 3.05) is 13.7 Å². The first-order valence-electron chi connectivity index (χ1n) is 5.85. The largest absolute Gasteiger partial charge is 0.384 e. The molecule has 0 aliphatic carbocycles. The predicted octanol–water partition coefficient (Wildman–Crippen LogP) is 3.71. The second kappa shape index (κ2) is 5.91. The van der Waals surface area contributed by atoms with Crippen LogP contribution in [-0.4, -0.2) is 23.3 Å². The fourth-order valence-electron chi connectivity index (χ4n) is 2.10. The molecule has 2 aromatic rings. The lowest BCUT2D eigenvalue weighted by atomic mass is 10.2. The van der Waals surface area contributed by atoms with Gasteiger partial charge >= 0.3 is 0 Å². The predicted molar refractivity (Wildman–Crippen MR) is 75.3 cm³/mol. The van der Waals surface area contributed by atoms with E-state index in [1.807, 2.05) is 18.2 Å². The normalized spacial score (nSPS) is 13.1. The summed E-state index contributed by atoms with van der Waals surface area (Å²) in [6.07, 6.45) is 0. The number of fused-ring (bicyclic) bond motifs is 1. The first-order chi connectivity index (χ1) is 8.65. The Balaban J connectivity index is 2.42. The molecule has 0 spiro atoms. The topological polar surface area (TPSA) is 27.1 Å². The van der Waals surface area contributed by atoms with Crippen molar-refractivity contribution in [3.8, 4) is 0 Å². The quantitative estimate of drug-likeness (QED) is 0.784. The molecule has 5 heteroatoms. The first kappa shape index (κ1) is 13.7. The monoisotopic (exact) mass is 286 g/mol. The van der Waals surface area contributed by atoms with E-state index >= 15 is 0 Å². The molecule has 1 heterocycles. The molecule has 0 saturated carbocycles. The molecule has 0 fully saturated rings. The highest BCUT2D eigenvalue weighted by atomic mass is 35.5. The van der Waals surface area contributed by atoms with E-state index in [-0.39, 0.29) is 0 Å². The highest BCUT2D eigenvalue weighted by Gasteiger charge is 2.13. The smallest absolute Gasteiger partial charge is 0.124 e. The zero-order valence-corrected chi connectivity index (χ0v) is 12.0. The van der Waals surface area contributed by atoms with Gasteiger partial charge in [-0.3, -0.25) is 0 Å². The maximum atomic E-state index is 6.04. The van der Waals surface area contributed by atoms with E-state index in [1.165, 1.54) is 0 Å². The average Bonchev–Trinajstić information content (AvgIpc) is 2.67. The number of aromatic nitrogens is 2. The SMILES string of the molecule is COCC(C)Cn1c(CCl)nc2ccc(Cl)cc21. The number of alkyl halides is 1. The fraction of sp³-hybridized carbons (Fsp3) is 0.462. The molecule has 0 aliphatic heterocycles. The van der Waals surface area contributed by atoms with Gasteiger partial charge in [-0.05, 0) is 24.1 Å². The molecule has 0 saturated heterocycles. The van der Waals surface area contributed by atoms with E-state index in [1.54, 1.807) is 7.11 Å². The Labute approximate surface area is 117 Å². The van der Waals surface area contributed by atoms with E-state index in [4.69, 9.17) is 27.9 Å². The number of ether oxygens (including phenoxy) is 1. The van der Waals surface area contributed by atoms with E-state index in [0.29, 0.717) is 23.4 Å². The fourth-order valence-corrected chi connectivity index (χ4v) is 2.47. The third-order valence-corrected chi connectivity index (χ3v) is 3.33. The third-order valence-electron chi connectivity index (χ3n) is 2.85. The number of nitrogens with zero attached hydrogens (tertiary/aromatic N) is 2. The van der Waals surface area contributed by atoms with Crippen molar-refractivity contribution in [1.82, 2.24) is 9.55 Å². The van der Waals surface area contributed by atoms with Crippen LogP contribution in [0.5, 0.6) is 0 Å². The number of halogens is 2. The summed E-state index contributed by atoms with van der Waals surface area (Å²) in [6, 6.07) is 5.70. The summed E-state index contributed by atoms with van der Waals surface area (Å²) in [5, 5.41) is 0.712. The number of methoxy groups -OCH3 is 1. The minimum atomic E-state index is 0.395. The van der Waals surface area contributed by atoms with Crippen LogP contribution in [0.1, 0.15) is 12.7 Å². The molecular weight excluding hydrogens is 271 g/mol. The van der Waals surface area contributed by atoms with Crippen molar-refractivity contribution >= 4 is 34.2 Å². The standard InChI is InChI=1S/C13H16Cl2N2O/c1-9(8-18-2)7-17-12-5-10(15)3-4-11(12)16-13(17)6-14/h3-5,9H,6-8H2,1-2H3. The van der Waals surface area contributed by atoms with Gasteiger partial charge in [-0.25, -0.2) is 4.98 Å². The van der Waals surface area contributed by atoms with Gasteiger partial charge in [0, 0.05) is 18.7 Å². The van der Waals surface area contributed by atoms with Crippen LogP contribution < -0.4 is 0 Å². The van der Waals surface area contributed by atoms with Crippen molar-refractivity contribution in [1.29, 1.82) is 0 Å². The van der Waals surface area contributed by atoms with Gasteiger partial charge in [-0.2, -0.15) is 0 Å². The van der Waals surface area contributed by atoms with E-state index < -0.39 is 0 Å². The summed E-state index contributed by atoms with van der Waals surface area (Å²) in [7, 11) is 1.71. The Morgan fingerprint density at radius 2 is 2.22 bits per heavy atom. The molecule has 3 nitrogen and oxygen atoms in total. The molecule has 0 N–H and O–H groups in total. The molecule has 1 aromatic carbocycles. The van der Waals surface area contributed by atoms with Crippen LogP contribution in [0.3, 0.4) is 0 Å². The Kier molecular flexibility index (Phi) is 4.49. The summed E-state index contributed by atoms with van der Waals surface area (Å²) in [4.78, 5) is 4.52. The molecular formula is C13H16Cl2N2O. The van der Waals surface area contributed by atoms with Crippen LogP contribution in [0.15, 0.2) is 18.2 Å². The van der Waals surface area contributed by atoms with Crippen LogP contribution in [0, 0.1) is 5.92 Å². The second-order valence-corrected chi connectivity index (χ2v) is 5.17. The van der Waals surface area contributed by atoms with Crippen LogP contribution in [0.4, 0.5) is 0 Å². The molecule has 1 unspecified atom stereocenters. The maximum absolute atomic E-state index is 6.04. The molecule has 98 valence electrons. The van der Waals surface area contributed by atoms with Crippen LogP contribution in [-0.2, 0) is 17.2 Å². The Morgan fingerprint density at radius 3 is 2.89 bits per heavy atom. The lowest BCUT2D eigenvalue weighted by Gasteiger charge is -2.14. The lowest BCUT2D eigenvalue weighted by Crippen LogP contribution is -2.14. The van der Waals surface area contributed by atoms with Crippen LogP contribution >= 0.6 is 23.2 Å². The highest BCUT2D eigenvalue weighted by molar-refractivity contribution is 6.31. The van der Waals surface area contributed by atoms with Gasteiger partial charge in [0.25, 0.3) is 0 Å². The van der Waals surface area contributed by atoms with Gasteiger partial charge in [0.05, 0.1) is 23.5 Å². The average molecular weight is 287 g/mol. The molecule has 0 bridgehead atoms. The van der Waals surface area contributed by atoms with Crippen molar-refractivity contribution in [2.45, 2.75) is 19.3 Å². The zero-order valence-electron chi connectivity index (χ0n) is 10.5. The molecule has 1 atom stereocenters. The highest BCUT2D eigenvalue weighted by Crippen LogP contribution is 2.22. The maximum Gasteiger partial charge on any atom is 0.124 e. The van der Waals surface area contributed by atoms with Crippen LogP contribution in [0.2, 0.25) is 5.02 Å². The van der Waals surface area contributed by atoms with Crippen molar-refractivity contribution in [2.24, 2.45) is 5.92 Å². The lowest BCUT2D eigenvalue weighted by molar-refractivity contribution is 0.151. The van der Waals surface area contributed by atoms with Gasteiger partial charge in [-0.1, -0.05) is 18.5 Å². The number of rotatable bonds is 5. The molecule has 18 heavy (non-hydrogen) atoms. The third kappa shape index (κ3) is 2.79. The van der Waals surface area contributed by atoms with Gasteiger partial charge in [0.1, 0.15) is 5.82 Å².